The largest absolute Gasteiger partial charge is 0.486 e. The normalized spacial score (nSPS) is 13.2. The van der Waals surface area contributed by atoms with Crippen molar-refractivity contribution in [1.29, 1.82) is 0 Å². The molecule has 11 heteroatoms. The van der Waals surface area contributed by atoms with E-state index in [1.54, 1.807) is 28.7 Å². The number of aromatic nitrogens is 1. The van der Waals surface area contributed by atoms with Crippen molar-refractivity contribution in [2.75, 3.05) is 11.4 Å². The molecule has 0 amide bonds. The second kappa shape index (κ2) is 15.7. The van der Waals surface area contributed by atoms with Crippen LogP contribution >= 0.6 is 34.0 Å². The Hall–Kier alpha value is -7.10. The van der Waals surface area contributed by atoms with E-state index < -0.39 is 29.7 Å². The minimum Gasteiger partial charge on any atom is -0.486 e. The fourth-order valence-electron chi connectivity index (χ4n) is 8.69. The summed E-state index contributed by atoms with van der Waals surface area (Å²) in [5, 5.41) is 21.6. The lowest BCUT2D eigenvalue weighted by atomic mass is 9.91. The number of thiophene rings is 2. The molecule has 0 fully saturated rings. The first kappa shape index (κ1) is 39.1. The number of fused-ring (bicyclic) bond motifs is 7. The maximum absolute atomic E-state index is 13.8. The van der Waals surface area contributed by atoms with Gasteiger partial charge in [0.2, 0.25) is 0 Å². The fourth-order valence-corrected chi connectivity index (χ4v) is 12.5. The van der Waals surface area contributed by atoms with E-state index in [9.17, 15) is 24.6 Å². The van der Waals surface area contributed by atoms with E-state index in [4.69, 9.17) is 6.57 Å². The molecule has 0 bridgehead atoms. The second-order valence-corrected chi connectivity index (χ2v) is 18.2. The zero-order chi connectivity index (χ0) is 42.6. The predicted molar refractivity (Wildman–Crippen MR) is 254 cm³/mol. The second-order valence-electron chi connectivity index (χ2n) is 15.1. The van der Waals surface area contributed by atoms with Gasteiger partial charge in [0, 0.05) is 38.1 Å². The fraction of sp³-hybridized carbons (Fsp3) is 0.0980. The van der Waals surface area contributed by atoms with Crippen molar-refractivity contribution in [3.05, 3.63) is 175 Å². The third kappa shape index (κ3) is 6.69. The van der Waals surface area contributed by atoms with Gasteiger partial charge in [0.05, 0.1) is 20.5 Å². The van der Waals surface area contributed by atoms with Gasteiger partial charge in [-0.25, -0.2) is 4.85 Å². The zero-order valence-corrected chi connectivity index (χ0v) is 35.7. The molecule has 3 aromatic heterocycles. The Labute approximate surface area is 367 Å². The van der Waals surface area contributed by atoms with E-state index in [0.717, 1.165) is 82.6 Å². The molecule has 302 valence electrons. The van der Waals surface area contributed by atoms with Gasteiger partial charge in [0.1, 0.15) is 11.2 Å². The standard InChI is InChI=1S/C51H35N3O5S3/c1-3-53-40-17-11-10-16-31(40)18-19-33-22-32(20-21-41(33)53)36-25-39-43(27-37(36)30-14-8-5-9-15-30)61-47-38-23-34(35(26-42(38)60-48(39)47)29-12-6-4-7-13-29)24-44-49(57)54(28-45(55)56)50(62-44)46(52-2)51(58)59/h4-17,20-27H,3,18-19,28H2,1H3,(H,55,56)(H,58,59)/b44-24+,50-46-. The number of anilines is 2. The first-order valence-corrected chi connectivity index (χ1v) is 22.5. The summed E-state index contributed by atoms with van der Waals surface area (Å²) in [5.41, 5.74) is 11.0. The molecule has 6 aromatic carbocycles. The summed E-state index contributed by atoms with van der Waals surface area (Å²) in [5.74, 6) is -2.85. The van der Waals surface area contributed by atoms with E-state index in [1.807, 2.05) is 36.4 Å². The average Bonchev–Trinajstić information content (AvgIpc) is 3.87. The summed E-state index contributed by atoms with van der Waals surface area (Å²) < 4.78 is 5.31. The molecule has 10 rings (SSSR count). The minimum absolute atomic E-state index is 0.131. The molecule has 1 aliphatic rings. The number of aliphatic carboxylic acids is 2. The van der Waals surface area contributed by atoms with Crippen LogP contribution in [-0.4, -0.2) is 33.3 Å². The number of carbonyl (C=O) groups is 2. The Morgan fingerprint density at radius 1 is 0.694 bits per heavy atom. The van der Waals surface area contributed by atoms with Crippen LogP contribution in [0.5, 0.6) is 0 Å². The van der Waals surface area contributed by atoms with Crippen LogP contribution in [0.3, 0.4) is 0 Å². The third-order valence-electron chi connectivity index (χ3n) is 11.5. The van der Waals surface area contributed by atoms with Gasteiger partial charge in [-0.3, -0.25) is 19.0 Å². The molecule has 9 aromatic rings. The molecule has 0 saturated carbocycles. The number of hydrogen-bond acceptors (Lipinski definition) is 7. The number of para-hydroxylation sites is 1. The summed E-state index contributed by atoms with van der Waals surface area (Å²) in [6.07, 6.45) is 3.61. The highest BCUT2D eigenvalue weighted by Crippen LogP contribution is 2.49. The van der Waals surface area contributed by atoms with E-state index in [1.165, 1.54) is 38.2 Å². The van der Waals surface area contributed by atoms with Gasteiger partial charge in [0.25, 0.3) is 5.56 Å². The number of carboxylic acid groups (broad SMARTS) is 2. The molecule has 0 atom stereocenters. The lowest BCUT2D eigenvalue weighted by Crippen LogP contribution is -2.35. The molecule has 0 spiro atoms. The quantitative estimate of drug-likeness (QED) is 0.147. The summed E-state index contributed by atoms with van der Waals surface area (Å²) >= 11 is 4.28. The maximum atomic E-state index is 13.8. The number of nitrogens with zero attached hydrogens (tertiary/aromatic N) is 3. The SMILES string of the molecule is [C-]#[N+]/C(C(=O)O)=c1\s/c(=C/c2cc3c(cc2-c2ccccc2)sc2c4cc(-c5ccc6c(c5)CCc5ccccc5N6CC)c(-c5ccccc5)cc4sc32)c(=O)n1CC(=O)O. The molecule has 0 saturated heterocycles. The highest BCUT2D eigenvalue weighted by molar-refractivity contribution is 7.36. The van der Waals surface area contributed by atoms with Crippen molar-refractivity contribution in [2.45, 2.75) is 26.3 Å². The average molecular weight is 866 g/mol. The lowest BCUT2D eigenvalue weighted by Gasteiger charge is -2.26. The minimum atomic E-state index is -1.53. The van der Waals surface area contributed by atoms with Crippen LogP contribution in [-0.2, 0) is 29.0 Å². The molecule has 0 aliphatic carbocycles. The molecule has 0 unspecified atom stereocenters. The van der Waals surface area contributed by atoms with Gasteiger partial charge in [0.15, 0.2) is 0 Å². The number of rotatable bonds is 8. The Kier molecular flexibility index (Phi) is 9.91. The predicted octanol–water partition coefficient (Wildman–Crippen LogP) is 10.8. The zero-order valence-electron chi connectivity index (χ0n) is 33.2. The number of aryl methyl sites for hydroxylation is 2. The Balaban J connectivity index is 1.19. The maximum Gasteiger partial charge on any atom is 0.336 e. The van der Waals surface area contributed by atoms with Gasteiger partial charge in [-0.2, -0.15) is 0 Å². The Bertz CT molecular complexity index is 3540. The topological polar surface area (TPSA) is 104 Å². The Morgan fingerprint density at radius 2 is 1.29 bits per heavy atom. The molecular weight excluding hydrogens is 831 g/mol. The van der Waals surface area contributed by atoms with Crippen LogP contribution < -0.4 is 19.7 Å². The van der Waals surface area contributed by atoms with Crippen LogP contribution in [0, 0.1) is 6.57 Å². The van der Waals surface area contributed by atoms with E-state index in [-0.39, 0.29) is 9.20 Å². The van der Waals surface area contributed by atoms with Crippen molar-refractivity contribution in [3.8, 4) is 33.4 Å². The highest BCUT2D eigenvalue weighted by Gasteiger charge is 2.23. The summed E-state index contributed by atoms with van der Waals surface area (Å²) in [6, 6.07) is 44.9. The molecule has 4 heterocycles. The molecule has 0 radical (unpaired) electrons. The molecular formula is C51H35N3O5S3. The number of carboxylic acids is 2. The van der Waals surface area contributed by atoms with Gasteiger partial charge in [-0.1, -0.05) is 84.9 Å². The number of thiazole rings is 1. The van der Waals surface area contributed by atoms with Crippen molar-refractivity contribution >= 4 is 98.7 Å². The van der Waals surface area contributed by atoms with Crippen molar-refractivity contribution in [3.63, 3.8) is 0 Å². The first-order chi connectivity index (χ1) is 30.2. The van der Waals surface area contributed by atoms with Crippen molar-refractivity contribution < 1.29 is 19.8 Å². The van der Waals surface area contributed by atoms with Crippen LogP contribution in [0.4, 0.5) is 11.4 Å². The van der Waals surface area contributed by atoms with Crippen LogP contribution in [0.1, 0.15) is 23.6 Å². The van der Waals surface area contributed by atoms with Crippen LogP contribution in [0.2, 0.25) is 0 Å². The first-order valence-electron chi connectivity index (χ1n) is 20.0. The summed E-state index contributed by atoms with van der Waals surface area (Å²) in [6.45, 7) is 9.81. The molecule has 62 heavy (non-hydrogen) atoms. The number of hydrogen-bond donors (Lipinski definition) is 2. The lowest BCUT2D eigenvalue weighted by molar-refractivity contribution is -0.138. The summed E-state index contributed by atoms with van der Waals surface area (Å²) in [7, 11) is 0. The van der Waals surface area contributed by atoms with Crippen molar-refractivity contribution in [2.24, 2.45) is 0 Å². The highest BCUT2D eigenvalue weighted by atomic mass is 32.1. The van der Waals surface area contributed by atoms with Crippen LogP contribution in [0.15, 0.2) is 132 Å². The van der Waals surface area contributed by atoms with E-state index in [0.29, 0.717) is 5.56 Å². The summed E-state index contributed by atoms with van der Waals surface area (Å²) in [4.78, 5) is 43.2. The van der Waals surface area contributed by atoms with Crippen LogP contribution in [0.25, 0.3) is 79.6 Å². The smallest absolute Gasteiger partial charge is 0.336 e. The van der Waals surface area contributed by atoms with E-state index >= 15 is 0 Å². The van der Waals surface area contributed by atoms with Crippen molar-refractivity contribution in [1.82, 2.24) is 4.57 Å². The molecule has 2 N–H and O–H groups in total. The van der Waals surface area contributed by atoms with E-state index in [2.05, 4.69) is 108 Å². The van der Waals surface area contributed by atoms with Gasteiger partial charge in [-0.05, 0) is 118 Å². The Morgan fingerprint density at radius 3 is 1.95 bits per heavy atom. The molecule has 1 aliphatic heterocycles. The van der Waals surface area contributed by atoms with Gasteiger partial charge < -0.3 is 15.1 Å². The van der Waals surface area contributed by atoms with Gasteiger partial charge in [-0.15, -0.1) is 34.0 Å². The number of benzene rings is 6. The molecule has 8 nitrogen and oxygen atoms in total. The van der Waals surface area contributed by atoms with Gasteiger partial charge >= 0.3 is 17.6 Å². The monoisotopic (exact) mass is 865 g/mol. The third-order valence-corrected chi connectivity index (χ3v) is 15.1.